The van der Waals surface area contributed by atoms with Crippen LogP contribution in [0.15, 0.2) is 0 Å². The molecular formula is C4H12N2OS. The van der Waals surface area contributed by atoms with E-state index in [0.29, 0.717) is 6.54 Å². The molecule has 8 heavy (non-hydrogen) atoms. The number of nitrogens with two attached hydrogens (primary N) is 1. The molecule has 0 heterocycles. The summed E-state index contributed by atoms with van der Waals surface area (Å²) in [4.78, 5) is 0. The van der Waals surface area contributed by atoms with Crippen LogP contribution in [0.2, 0.25) is 0 Å². The number of nitrogens with one attached hydrogen (secondary N) is 1. The molecule has 0 aromatic heterocycles. The van der Waals surface area contributed by atoms with E-state index in [0.717, 1.165) is 12.3 Å². The van der Waals surface area contributed by atoms with Crippen LogP contribution in [0.25, 0.3) is 0 Å². The first kappa shape index (κ1) is 8.23. The third-order valence-corrected chi connectivity index (χ3v) is 1.13. The summed E-state index contributed by atoms with van der Waals surface area (Å²) in [5, 5.41) is 16.4. The average molecular weight is 136 g/mol. The first-order valence-electron chi connectivity index (χ1n) is 2.55. The predicted octanol–water partition coefficient (Wildman–Crippen LogP) is -0.825. The Hall–Kier alpha value is 0.230. The maximum absolute atomic E-state index is 8.27. The van der Waals surface area contributed by atoms with Gasteiger partial charge in [-0.05, 0) is 0 Å². The van der Waals surface area contributed by atoms with Crippen LogP contribution in [0.1, 0.15) is 0 Å². The lowest BCUT2D eigenvalue weighted by Gasteiger charge is -1.97. The molecule has 0 aliphatic rings. The summed E-state index contributed by atoms with van der Waals surface area (Å²) >= 11 is 1.31. The third-order valence-electron chi connectivity index (χ3n) is 0.685. The second kappa shape index (κ2) is 7.23. The molecule has 0 saturated carbocycles. The number of hydrogen-bond donors (Lipinski definition) is 3. The monoisotopic (exact) mass is 136 g/mol. The van der Waals surface area contributed by atoms with Gasteiger partial charge in [0.1, 0.15) is 0 Å². The minimum absolute atomic E-state index is 0.204. The fourth-order valence-corrected chi connectivity index (χ4v) is 0.597. The lowest BCUT2D eigenvalue weighted by Crippen LogP contribution is -2.21. The van der Waals surface area contributed by atoms with Crippen molar-refractivity contribution < 1.29 is 5.11 Å². The van der Waals surface area contributed by atoms with E-state index >= 15 is 0 Å². The van der Waals surface area contributed by atoms with E-state index in [1.54, 1.807) is 0 Å². The molecule has 0 radical (unpaired) electrons. The van der Waals surface area contributed by atoms with Crippen molar-refractivity contribution in [3.63, 3.8) is 0 Å². The molecule has 0 fully saturated rings. The molecule has 0 aliphatic carbocycles. The maximum atomic E-state index is 8.27. The van der Waals surface area contributed by atoms with E-state index in [1.165, 1.54) is 11.9 Å². The van der Waals surface area contributed by atoms with E-state index in [-0.39, 0.29) is 6.61 Å². The summed E-state index contributed by atoms with van der Waals surface area (Å²) in [6.45, 7) is 1.75. The Morgan fingerprint density at radius 3 is 2.75 bits per heavy atom. The highest BCUT2D eigenvalue weighted by Gasteiger charge is 1.81. The molecule has 3 nitrogen and oxygen atoms in total. The average Bonchev–Trinajstić information content (AvgIpc) is 1.81. The van der Waals surface area contributed by atoms with Gasteiger partial charge in [0, 0.05) is 18.8 Å². The molecule has 0 atom stereocenters. The van der Waals surface area contributed by atoms with Gasteiger partial charge in [-0.2, -0.15) is 0 Å². The highest BCUT2D eigenvalue weighted by Crippen LogP contribution is 1.79. The van der Waals surface area contributed by atoms with E-state index in [4.69, 9.17) is 10.2 Å². The minimum atomic E-state index is 0.204. The summed E-state index contributed by atoms with van der Waals surface area (Å²) in [6.07, 6.45) is 0. The SMILES string of the molecule is NSCCNCCO. The molecule has 50 valence electrons. The molecule has 0 aliphatic heterocycles. The second-order valence-corrected chi connectivity index (χ2v) is 2.09. The summed E-state index contributed by atoms with van der Waals surface area (Å²) in [6, 6.07) is 0. The molecule has 0 aromatic carbocycles. The number of hydrogen-bond acceptors (Lipinski definition) is 4. The van der Waals surface area contributed by atoms with Crippen molar-refractivity contribution in [2.45, 2.75) is 0 Å². The van der Waals surface area contributed by atoms with Crippen LogP contribution in [0.3, 0.4) is 0 Å². The minimum Gasteiger partial charge on any atom is -0.395 e. The number of aliphatic hydroxyl groups is 1. The van der Waals surface area contributed by atoms with Gasteiger partial charge in [0.25, 0.3) is 0 Å². The maximum Gasteiger partial charge on any atom is 0.0555 e. The Labute approximate surface area is 53.8 Å². The fourth-order valence-electron chi connectivity index (χ4n) is 0.335. The van der Waals surface area contributed by atoms with Crippen molar-refractivity contribution in [3.8, 4) is 0 Å². The first-order chi connectivity index (χ1) is 3.91. The third kappa shape index (κ3) is 6.23. The van der Waals surface area contributed by atoms with Crippen molar-refractivity contribution in [2.24, 2.45) is 5.14 Å². The van der Waals surface area contributed by atoms with Gasteiger partial charge in [0.2, 0.25) is 0 Å². The van der Waals surface area contributed by atoms with E-state index in [9.17, 15) is 0 Å². The second-order valence-electron chi connectivity index (χ2n) is 1.34. The summed E-state index contributed by atoms with van der Waals surface area (Å²) in [7, 11) is 0. The van der Waals surface area contributed by atoms with Crippen molar-refractivity contribution >= 4 is 11.9 Å². The summed E-state index contributed by atoms with van der Waals surface area (Å²) in [5.74, 6) is 0.903. The van der Waals surface area contributed by atoms with Crippen molar-refractivity contribution in [1.82, 2.24) is 5.32 Å². The first-order valence-corrected chi connectivity index (χ1v) is 3.60. The Kier molecular flexibility index (Phi) is 7.44. The summed E-state index contributed by atoms with van der Waals surface area (Å²) in [5.41, 5.74) is 0. The van der Waals surface area contributed by atoms with Crippen LogP contribution < -0.4 is 10.5 Å². The normalized spacial score (nSPS) is 9.75. The van der Waals surface area contributed by atoms with Crippen molar-refractivity contribution in [2.75, 3.05) is 25.4 Å². The van der Waals surface area contributed by atoms with Gasteiger partial charge < -0.3 is 10.4 Å². The van der Waals surface area contributed by atoms with Gasteiger partial charge in [0.15, 0.2) is 0 Å². The zero-order valence-corrected chi connectivity index (χ0v) is 5.58. The van der Waals surface area contributed by atoms with Gasteiger partial charge in [-0.1, -0.05) is 11.9 Å². The van der Waals surface area contributed by atoms with E-state index < -0.39 is 0 Å². The molecule has 0 unspecified atom stereocenters. The van der Waals surface area contributed by atoms with Crippen LogP contribution in [0.4, 0.5) is 0 Å². The van der Waals surface area contributed by atoms with Crippen molar-refractivity contribution in [3.05, 3.63) is 0 Å². The molecule has 0 amide bonds. The van der Waals surface area contributed by atoms with Gasteiger partial charge in [-0.25, -0.2) is 0 Å². The molecule has 4 N–H and O–H groups in total. The quantitative estimate of drug-likeness (QED) is 0.341. The lowest BCUT2D eigenvalue weighted by molar-refractivity contribution is 0.294. The largest absolute Gasteiger partial charge is 0.395 e. The van der Waals surface area contributed by atoms with Gasteiger partial charge in [-0.15, -0.1) is 0 Å². The number of rotatable bonds is 5. The molecule has 0 spiro atoms. The zero-order valence-electron chi connectivity index (χ0n) is 4.76. The van der Waals surface area contributed by atoms with Crippen LogP contribution in [-0.2, 0) is 0 Å². The van der Waals surface area contributed by atoms with E-state index in [1.807, 2.05) is 0 Å². The Morgan fingerprint density at radius 1 is 1.50 bits per heavy atom. The molecule has 4 heteroatoms. The molecular weight excluding hydrogens is 124 g/mol. The van der Waals surface area contributed by atoms with Crippen LogP contribution in [0, 0.1) is 0 Å². The smallest absolute Gasteiger partial charge is 0.0555 e. The van der Waals surface area contributed by atoms with Gasteiger partial charge >= 0.3 is 0 Å². The van der Waals surface area contributed by atoms with Gasteiger partial charge in [-0.3, -0.25) is 5.14 Å². The Morgan fingerprint density at radius 2 is 2.25 bits per heavy atom. The topological polar surface area (TPSA) is 58.3 Å². The molecule has 0 aromatic rings. The lowest BCUT2D eigenvalue weighted by atomic mass is 10.6. The van der Waals surface area contributed by atoms with Gasteiger partial charge in [0.05, 0.1) is 6.61 Å². The van der Waals surface area contributed by atoms with Crippen LogP contribution in [0.5, 0.6) is 0 Å². The van der Waals surface area contributed by atoms with Crippen LogP contribution in [-0.4, -0.2) is 30.6 Å². The molecule has 0 bridgehead atoms. The summed E-state index contributed by atoms with van der Waals surface area (Å²) < 4.78 is 0. The number of aliphatic hydroxyl groups excluding tert-OH is 1. The van der Waals surface area contributed by atoms with Crippen molar-refractivity contribution in [1.29, 1.82) is 0 Å². The zero-order chi connectivity index (χ0) is 6.24. The van der Waals surface area contributed by atoms with E-state index in [2.05, 4.69) is 5.32 Å². The molecule has 0 saturated heterocycles. The highest BCUT2D eigenvalue weighted by atomic mass is 32.2. The fraction of sp³-hybridized carbons (Fsp3) is 1.00. The standard InChI is InChI=1S/C4H12N2OS/c5-8-4-2-6-1-3-7/h6-7H,1-5H2. The predicted molar refractivity (Wildman–Crippen MR) is 36.6 cm³/mol. The molecule has 0 rings (SSSR count). The highest BCUT2D eigenvalue weighted by molar-refractivity contribution is 7.97. The Bertz CT molecular complexity index is 39.0. The van der Waals surface area contributed by atoms with Crippen LogP contribution >= 0.6 is 11.9 Å². The Balaban J connectivity index is 2.53.